The average Bonchev–Trinajstić information content (AvgIpc) is 2.90. The van der Waals surface area contributed by atoms with E-state index in [1.165, 1.54) is 6.92 Å². The average molecular weight is 332 g/mol. The van der Waals surface area contributed by atoms with E-state index < -0.39 is 35.4 Å². The number of benzene rings is 1. The van der Waals surface area contributed by atoms with E-state index in [9.17, 15) is 22.4 Å². The Kier molecular flexibility index (Phi) is 4.64. The number of carbonyl (C=O) groups is 1. The molecule has 0 aliphatic heterocycles. The van der Waals surface area contributed by atoms with E-state index in [1.807, 2.05) is 0 Å². The molecule has 1 atom stereocenters. The molecule has 10 heteroatoms. The molecule has 0 saturated heterocycles. The zero-order valence-corrected chi connectivity index (χ0v) is 11.8. The quantitative estimate of drug-likeness (QED) is 0.833. The molecule has 0 spiro atoms. The van der Waals surface area contributed by atoms with Gasteiger partial charge in [-0.25, -0.2) is 9.07 Å². The van der Waals surface area contributed by atoms with Crippen LogP contribution < -0.4 is 5.32 Å². The van der Waals surface area contributed by atoms with Gasteiger partial charge in [-0.1, -0.05) is 5.21 Å². The molecule has 0 saturated carbocycles. The lowest BCUT2D eigenvalue weighted by Crippen LogP contribution is -2.32. The van der Waals surface area contributed by atoms with Gasteiger partial charge in [0.25, 0.3) is 5.91 Å². The van der Waals surface area contributed by atoms with Gasteiger partial charge in [-0.3, -0.25) is 4.79 Å². The van der Waals surface area contributed by atoms with Crippen molar-refractivity contribution in [3.63, 3.8) is 0 Å². The number of aliphatic hydroxyl groups excluding tert-OH is 1. The van der Waals surface area contributed by atoms with Crippen molar-refractivity contribution in [3.05, 3.63) is 41.5 Å². The van der Waals surface area contributed by atoms with Crippen LogP contribution in [0.4, 0.5) is 17.6 Å². The Morgan fingerprint density at radius 3 is 2.48 bits per heavy atom. The highest BCUT2D eigenvalue weighted by molar-refractivity contribution is 5.93. The van der Waals surface area contributed by atoms with E-state index in [-0.39, 0.29) is 12.2 Å². The zero-order valence-electron chi connectivity index (χ0n) is 11.8. The monoisotopic (exact) mass is 332 g/mol. The molecule has 0 bridgehead atoms. The minimum absolute atomic E-state index is 0.0965. The molecule has 1 aromatic heterocycles. The Balaban J connectivity index is 2.45. The standard InChI is InChI=1S/C13H12F4N4O2/c1-7(22)6-18-12(23)10-11(13(15,16)17)21(20-19-10)9-4-2-8(14)3-5-9/h2-5,7,22H,6H2,1H3,(H,18,23). The van der Waals surface area contributed by atoms with E-state index in [2.05, 4.69) is 15.6 Å². The second kappa shape index (κ2) is 6.32. The number of hydrogen-bond acceptors (Lipinski definition) is 4. The summed E-state index contributed by atoms with van der Waals surface area (Å²) in [6.07, 6.45) is -5.84. The Morgan fingerprint density at radius 2 is 1.96 bits per heavy atom. The number of aromatic nitrogens is 3. The number of aliphatic hydroxyl groups is 1. The van der Waals surface area contributed by atoms with Gasteiger partial charge < -0.3 is 10.4 Å². The topological polar surface area (TPSA) is 80.0 Å². The molecule has 0 aliphatic rings. The van der Waals surface area contributed by atoms with Crippen molar-refractivity contribution in [1.82, 2.24) is 20.3 Å². The fraction of sp³-hybridized carbons (Fsp3) is 0.308. The lowest BCUT2D eigenvalue weighted by atomic mass is 10.2. The van der Waals surface area contributed by atoms with Crippen LogP contribution in [0.15, 0.2) is 24.3 Å². The smallest absolute Gasteiger partial charge is 0.392 e. The molecule has 1 aromatic carbocycles. The molecule has 23 heavy (non-hydrogen) atoms. The number of carbonyl (C=O) groups excluding carboxylic acids is 1. The van der Waals surface area contributed by atoms with Crippen molar-refractivity contribution in [2.75, 3.05) is 6.54 Å². The minimum atomic E-state index is -4.91. The molecule has 1 unspecified atom stereocenters. The van der Waals surface area contributed by atoms with E-state index >= 15 is 0 Å². The highest BCUT2D eigenvalue weighted by Gasteiger charge is 2.42. The Morgan fingerprint density at radius 1 is 1.35 bits per heavy atom. The van der Waals surface area contributed by atoms with Crippen LogP contribution in [-0.4, -0.2) is 38.7 Å². The number of halogens is 4. The summed E-state index contributed by atoms with van der Waals surface area (Å²) < 4.78 is 53.1. The van der Waals surface area contributed by atoms with Crippen LogP contribution in [0.25, 0.3) is 5.69 Å². The van der Waals surface area contributed by atoms with Crippen LogP contribution in [0.3, 0.4) is 0 Å². The van der Waals surface area contributed by atoms with Gasteiger partial charge in [0.2, 0.25) is 0 Å². The number of nitrogens with one attached hydrogen (secondary N) is 1. The first kappa shape index (κ1) is 16.9. The summed E-state index contributed by atoms with van der Waals surface area (Å²) in [4.78, 5) is 11.8. The third-order valence-electron chi connectivity index (χ3n) is 2.78. The van der Waals surface area contributed by atoms with Crippen molar-refractivity contribution in [1.29, 1.82) is 0 Å². The molecule has 2 aromatic rings. The number of nitrogens with zero attached hydrogens (tertiary/aromatic N) is 3. The molecular formula is C13H12F4N4O2. The Bertz CT molecular complexity index is 695. The molecule has 124 valence electrons. The molecule has 1 heterocycles. The van der Waals surface area contributed by atoms with Crippen LogP contribution in [-0.2, 0) is 6.18 Å². The summed E-state index contributed by atoms with van der Waals surface area (Å²) >= 11 is 0. The summed E-state index contributed by atoms with van der Waals surface area (Å²) in [5.41, 5.74) is -2.41. The fourth-order valence-electron chi connectivity index (χ4n) is 1.78. The van der Waals surface area contributed by atoms with Crippen molar-refractivity contribution in [3.8, 4) is 5.69 Å². The maximum atomic E-state index is 13.3. The summed E-state index contributed by atoms with van der Waals surface area (Å²) in [5, 5.41) is 17.8. The summed E-state index contributed by atoms with van der Waals surface area (Å²) in [7, 11) is 0. The molecule has 6 nitrogen and oxygen atoms in total. The number of rotatable bonds is 4. The maximum absolute atomic E-state index is 13.3. The van der Waals surface area contributed by atoms with Crippen molar-refractivity contribution in [2.45, 2.75) is 19.2 Å². The predicted octanol–water partition coefficient (Wildman–Crippen LogP) is 1.54. The number of hydrogen-bond donors (Lipinski definition) is 2. The van der Waals surface area contributed by atoms with Crippen molar-refractivity contribution in [2.24, 2.45) is 0 Å². The largest absolute Gasteiger partial charge is 0.435 e. The molecule has 0 aliphatic carbocycles. The molecule has 1 amide bonds. The predicted molar refractivity (Wildman–Crippen MR) is 70.3 cm³/mol. The van der Waals surface area contributed by atoms with Crippen LogP contribution in [0.5, 0.6) is 0 Å². The first-order valence-corrected chi connectivity index (χ1v) is 6.45. The maximum Gasteiger partial charge on any atom is 0.435 e. The summed E-state index contributed by atoms with van der Waals surface area (Å²) in [6, 6.07) is 4.09. The first-order valence-electron chi connectivity index (χ1n) is 6.45. The van der Waals surface area contributed by atoms with E-state index in [0.29, 0.717) is 4.68 Å². The highest BCUT2D eigenvalue weighted by atomic mass is 19.4. The lowest BCUT2D eigenvalue weighted by Gasteiger charge is -2.11. The third kappa shape index (κ3) is 3.83. The van der Waals surface area contributed by atoms with Crippen LogP contribution in [0.1, 0.15) is 23.1 Å². The van der Waals surface area contributed by atoms with Crippen LogP contribution in [0, 0.1) is 5.82 Å². The van der Waals surface area contributed by atoms with Crippen molar-refractivity contribution < 1.29 is 27.5 Å². The fourth-order valence-corrected chi connectivity index (χ4v) is 1.78. The first-order chi connectivity index (χ1) is 10.7. The van der Waals surface area contributed by atoms with E-state index in [0.717, 1.165) is 24.3 Å². The summed E-state index contributed by atoms with van der Waals surface area (Å²) in [5.74, 6) is -1.75. The van der Waals surface area contributed by atoms with E-state index in [1.54, 1.807) is 0 Å². The number of amides is 1. The van der Waals surface area contributed by atoms with Gasteiger partial charge in [-0.2, -0.15) is 13.2 Å². The molecular weight excluding hydrogens is 320 g/mol. The lowest BCUT2D eigenvalue weighted by molar-refractivity contribution is -0.143. The van der Waals surface area contributed by atoms with Gasteiger partial charge in [0.15, 0.2) is 11.4 Å². The third-order valence-corrected chi connectivity index (χ3v) is 2.78. The summed E-state index contributed by atoms with van der Waals surface area (Å²) in [6.45, 7) is 1.12. The van der Waals surface area contributed by atoms with Gasteiger partial charge >= 0.3 is 6.18 Å². The van der Waals surface area contributed by atoms with Gasteiger partial charge in [0, 0.05) is 6.54 Å². The highest BCUT2D eigenvalue weighted by Crippen LogP contribution is 2.32. The van der Waals surface area contributed by atoms with Gasteiger partial charge in [-0.05, 0) is 31.2 Å². The molecule has 2 N–H and O–H groups in total. The normalized spacial score (nSPS) is 13.0. The van der Waals surface area contributed by atoms with Crippen molar-refractivity contribution >= 4 is 5.91 Å². The number of alkyl halides is 3. The van der Waals surface area contributed by atoms with Gasteiger partial charge in [0.05, 0.1) is 11.8 Å². The second-order valence-corrected chi connectivity index (χ2v) is 4.73. The van der Waals surface area contributed by atoms with E-state index in [4.69, 9.17) is 5.11 Å². The zero-order chi connectivity index (χ0) is 17.2. The van der Waals surface area contributed by atoms with Gasteiger partial charge in [0.1, 0.15) is 5.82 Å². The second-order valence-electron chi connectivity index (χ2n) is 4.73. The Hall–Kier alpha value is -2.49. The Labute approximate surface area is 127 Å². The molecule has 2 rings (SSSR count). The van der Waals surface area contributed by atoms with Crippen LogP contribution >= 0.6 is 0 Å². The van der Waals surface area contributed by atoms with Gasteiger partial charge in [-0.15, -0.1) is 5.10 Å². The van der Waals surface area contributed by atoms with Crippen LogP contribution in [0.2, 0.25) is 0 Å². The molecule has 0 radical (unpaired) electrons. The minimum Gasteiger partial charge on any atom is -0.392 e. The molecule has 0 fully saturated rings. The SMILES string of the molecule is CC(O)CNC(=O)c1nnn(-c2ccc(F)cc2)c1C(F)(F)F.